The summed E-state index contributed by atoms with van der Waals surface area (Å²) in [5.74, 6) is 0.940. The van der Waals surface area contributed by atoms with E-state index in [0.29, 0.717) is 23.8 Å². The number of phenolic OH excluding ortho intramolecular Hbond substituents is 1. The SMILES string of the molecule is COc1cc(O)c(C(C)=O)c2c1[C@@H]1[C@@H](C(C)C)CCC(=O)[C@@H]1O2. The van der Waals surface area contributed by atoms with Crippen LogP contribution in [0.1, 0.15) is 55.5 Å². The van der Waals surface area contributed by atoms with Crippen molar-refractivity contribution in [3.8, 4) is 17.2 Å². The lowest BCUT2D eigenvalue weighted by Gasteiger charge is -2.34. The van der Waals surface area contributed by atoms with Crippen molar-refractivity contribution in [3.63, 3.8) is 0 Å². The number of fused-ring (bicyclic) bond motifs is 3. The molecular formula is C18H22O5. The Morgan fingerprint density at radius 3 is 2.70 bits per heavy atom. The first-order valence-electron chi connectivity index (χ1n) is 8.01. The van der Waals surface area contributed by atoms with Gasteiger partial charge in [-0.3, -0.25) is 9.59 Å². The number of hydrogen-bond acceptors (Lipinski definition) is 5. The van der Waals surface area contributed by atoms with E-state index in [1.807, 2.05) is 0 Å². The number of rotatable bonds is 3. The minimum absolute atomic E-state index is 0.0548. The minimum Gasteiger partial charge on any atom is -0.507 e. The van der Waals surface area contributed by atoms with Gasteiger partial charge < -0.3 is 14.6 Å². The van der Waals surface area contributed by atoms with E-state index in [2.05, 4.69) is 13.8 Å². The van der Waals surface area contributed by atoms with Gasteiger partial charge in [0, 0.05) is 24.0 Å². The number of ether oxygens (including phenoxy) is 2. The first-order chi connectivity index (χ1) is 10.9. The van der Waals surface area contributed by atoms with Gasteiger partial charge in [-0.15, -0.1) is 0 Å². The normalized spacial score (nSPS) is 25.8. The van der Waals surface area contributed by atoms with E-state index in [-0.39, 0.29) is 34.7 Å². The Balaban J connectivity index is 2.24. The van der Waals surface area contributed by atoms with Gasteiger partial charge in [0.25, 0.3) is 0 Å². The maximum absolute atomic E-state index is 12.4. The highest BCUT2D eigenvalue weighted by Crippen LogP contribution is 2.55. The molecule has 2 aliphatic rings. The zero-order chi connectivity index (χ0) is 16.9. The number of aromatic hydroxyl groups is 1. The Morgan fingerprint density at radius 2 is 2.13 bits per heavy atom. The summed E-state index contributed by atoms with van der Waals surface area (Å²) in [6, 6.07) is 1.46. The van der Waals surface area contributed by atoms with Gasteiger partial charge in [0.1, 0.15) is 22.8 Å². The van der Waals surface area contributed by atoms with E-state index in [1.165, 1.54) is 20.1 Å². The molecule has 0 spiro atoms. The van der Waals surface area contributed by atoms with Crippen LogP contribution in [0, 0.1) is 11.8 Å². The third-order valence-corrected chi connectivity index (χ3v) is 5.10. The highest BCUT2D eigenvalue weighted by atomic mass is 16.5. The Morgan fingerprint density at radius 1 is 1.43 bits per heavy atom. The molecule has 5 heteroatoms. The average Bonchev–Trinajstić information content (AvgIpc) is 2.86. The third-order valence-electron chi connectivity index (χ3n) is 5.10. The number of ketones is 2. The van der Waals surface area contributed by atoms with Gasteiger partial charge >= 0.3 is 0 Å². The molecule has 1 saturated carbocycles. The van der Waals surface area contributed by atoms with Crippen molar-refractivity contribution in [1.82, 2.24) is 0 Å². The zero-order valence-electron chi connectivity index (χ0n) is 13.9. The first-order valence-corrected chi connectivity index (χ1v) is 8.01. The van der Waals surface area contributed by atoms with Crippen LogP contribution < -0.4 is 9.47 Å². The highest BCUT2D eigenvalue weighted by molar-refractivity contribution is 6.01. The summed E-state index contributed by atoms with van der Waals surface area (Å²) in [5.41, 5.74) is 0.901. The second kappa shape index (κ2) is 5.55. The summed E-state index contributed by atoms with van der Waals surface area (Å²) >= 11 is 0. The van der Waals surface area contributed by atoms with Crippen LogP contribution in [-0.2, 0) is 4.79 Å². The fourth-order valence-corrected chi connectivity index (χ4v) is 4.02. The molecule has 124 valence electrons. The van der Waals surface area contributed by atoms with Gasteiger partial charge in [-0.05, 0) is 25.2 Å². The van der Waals surface area contributed by atoms with Crippen molar-refractivity contribution in [1.29, 1.82) is 0 Å². The van der Waals surface area contributed by atoms with Gasteiger partial charge in [-0.25, -0.2) is 0 Å². The standard InChI is InChI=1S/C18H22O5/c1-8(2)10-5-6-11(20)17-15(10)16-13(22-4)7-12(21)14(9(3)19)18(16)23-17/h7-8,10,15,17,21H,5-6H2,1-4H3/t10-,15+,17+/m1/s1. The molecule has 1 fully saturated rings. The molecular weight excluding hydrogens is 296 g/mol. The minimum atomic E-state index is -0.583. The Hall–Kier alpha value is -2.04. The quantitative estimate of drug-likeness (QED) is 0.867. The molecule has 1 aromatic carbocycles. The fraction of sp³-hybridized carbons (Fsp3) is 0.556. The molecule has 3 rings (SSSR count). The molecule has 23 heavy (non-hydrogen) atoms. The van der Waals surface area contributed by atoms with Crippen LogP contribution in [0.4, 0.5) is 0 Å². The van der Waals surface area contributed by atoms with Crippen molar-refractivity contribution < 1.29 is 24.2 Å². The second-order valence-corrected chi connectivity index (χ2v) is 6.75. The van der Waals surface area contributed by atoms with Gasteiger partial charge in [-0.2, -0.15) is 0 Å². The Bertz CT molecular complexity index is 676. The maximum atomic E-state index is 12.4. The van der Waals surface area contributed by atoms with Crippen molar-refractivity contribution in [3.05, 3.63) is 17.2 Å². The lowest BCUT2D eigenvalue weighted by molar-refractivity contribution is -0.129. The second-order valence-electron chi connectivity index (χ2n) is 6.75. The molecule has 0 amide bonds. The Labute approximate surface area is 135 Å². The van der Waals surface area contributed by atoms with Crippen LogP contribution in [-0.4, -0.2) is 29.9 Å². The van der Waals surface area contributed by atoms with Crippen molar-refractivity contribution in [2.24, 2.45) is 11.8 Å². The van der Waals surface area contributed by atoms with Crippen LogP contribution in [0.5, 0.6) is 17.2 Å². The summed E-state index contributed by atoms with van der Waals surface area (Å²) < 4.78 is 11.3. The molecule has 0 saturated heterocycles. The zero-order valence-corrected chi connectivity index (χ0v) is 13.9. The number of phenols is 1. The van der Waals surface area contributed by atoms with E-state index in [9.17, 15) is 14.7 Å². The molecule has 1 aliphatic carbocycles. The number of methoxy groups -OCH3 is 1. The summed E-state index contributed by atoms with van der Waals surface area (Å²) in [6.07, 6.45) is 0.710. The molecule has 5 nitrogen and oxygen atoms in total. The molecule has 0 radical (unpaired) electrons. The van der Waals surface area contributed by atoms with Crippen LogP contribution in [0.3, 0.4) is 0 Å². The smallest absolute Gasteiger partial charge is 0.173 e. The monoisotopic (exact) mass is 318 g/mol. The third kappa shape index (κ3) is 2.30. The summed E-state index contributed by atoms with van der Waals surface area (Å²) in [6.45, 7) is 5.65. The number of benzene rings is 1. The molecule has 1 N–H and O–H groups in total. The van der Waals surface area contributed by atoms with Crippen molar-refractivity contribution in [2.75, 3.05) is 7.11 Å². The number of hydrogen-bond donors (Lipinski definition) is 1. The van der Waals surface area contributed by atoms with Gasteiger partial charge in [0.15, 0.2) is 17.7 Å². The first kappa shape index (κ1) is 15.8. The molecule has 1 aliphatic heterocycles. The lowest BCUT2D eigenvalue weighted by Crippen LogP contribution is -2.39. The molecule has 0 bridgehead atoms. The average molecular weight is 318 g/mol. The predicted molar refractivity (Wildman–Crippen MR) is 84.4 cm³/mol. The number of carbonyl (C=O) groups excluding carboxylic acids is 2. The van der Waals surface area contributed by atoms with E-state index < -0.39 is 6.10 Å². The lowest BCUT2D eigenvalue weighted by atomic mass is 9.69. The van der Waals surface area contributed by atoms with Crippen LogP contribution >= 0.6 is 0 Å². The van der Waals surface area contributed by atoms with Gasteiger partial charge in [-0.1, -0.05) is 13.8 Å². The van der Waals surface area contributed by atoms with Crippen LogP contribution in [0.15, 0.2) is 6.07 Å². The van der Waals surface area contributed by atoms with Crippen molar-refractivity contribution in [2.45, 2.75) is 45.6 Å². The van der Waals surface area contributed by atoms with E-state index >= 15 is 0 Å². The molecule has 1 heterocycles. The molecule has 3 atom stereocenters. The largest absolute Gasteiger partial charge is 0.507 e. The molecule has 1 aromatic rings. The molecule has 0 aromatic heterocycles. The topological polar surface area (TPSA) is 72.8 Å². The Kier molecular flexibility index (Phi) is 3.82. The van der Waals surface area contributed by atoms with E-state index in [1.54, 1.807) is 0 Å². The maximum Gasteiger partial charge on any atom is 0.173 e. The van der Waals surface area contributed by atoms with Gasteiger partial charge in [0.2, 0.25) is 0 Å². The summed E-state index contributed by atoms with van der Waals surface area (Å²) in [7, 11) is 1.52. The summed E-state index contributed by atoms with van der Waals surface area (Å²) in [5, 5.41) is 10.2. The van der Waals surface area contributed by atoms with E-state index in [0.717, 1.165) is 12.0 Å². The summed E-state index contributed by atoms with van der Waals surface area (Å²) in [4.78, 5) is 24.3. The van der Waals surface area contributed by atoms with Crippen LogP contribution in [0.25, 0.3) is 0 Å². The van der Waals surface area contributed by atoms with E-state index in [4.69, 9.17) is 9.47 Å². The van der Waals surface area contributed by atoms with Crippen LogP contribution in [0.2, 0.25) is 0 Å². The number of Topliss-reactive ketones (excluding diaryl/α,β-unsaturated/α-hetero) is 2. The van der Waals surface area contributed by atoms with Gasteiger partial charge in [0.05, 0.1) is 7.11 Å². The van der Waals surface area contributed by atoms with Crippen molar-refractivity contribution >= 4 is 11.6 Å². The predicted octanol–water partition coefficient (Wildman–Crippen LogP) is 3.08. The number of carbonyl (C=O) groups is 2. The highest BCUT2D eigenvalue weighted by Gasteiger charge is 2.50. The molecule has 0 unspecified atom stereocenters. The fourth-order valence-electron chi connectivity index (χ4n) is 4.02.